The van der Waals surface area contributed by atoms with Gasteiger partial charge in [-0.1, -0.05) is 12.1 Å². The number of aliphatic hydroxyl groups excluding tert-OH is 1. The van der Waals surface area contributed by atoms with Crippen LogP contribution < -0.4 is 0 Å². The van der Waals surface area contributed by atoms with Gasteiger partial charge in [0.2, 0.25) is 0 Å². The molecule has 16 heavy (non-hydrogen) atoms. The summed E-state index contributed by atoms with van der Waals surface area (Å²) in [5, 5.41) is 9.81. The summed E-state index contributed by atoms with van der Waals surface area (Å²) in [5.41, 5.74) is -0.219. The molecule has 5 heteroatoms. The minimum atomic E-state index is -4.39. The van der Waals surface area contributed by atoms with Gasteiger partial charge in [-0.3, -0.25) is 0 Å². The number of hydrogen-bond donors (Lipinski definition) is 2. The molecule has 0 aliphatic rings. The number of aliphatic hydroxyl groups is 1. The fourth-order valence-electron chi connectivity index (χ4n) is 1.76. The zero-order valence-electron chi connectivity index (χ0n) is 8.47. The van der Waals surface area contributed by atoms with E-state index in [-0.39, 0.29) is 5.52 Å². The first-order chi connectivity index (χ1) is 7.41. The molecule has 1 unspecified atom stereocenters. The van der Waals surface area contributed by atoms with E-state index in [1.54, 1.807) is 6.07 Å². The van der Waals surface area contributed by atoms with Crippen molar-refractivity contribution < 1.29 is 18.3 Å². The van der Waals surface area contributed by atoms with E-state index in [0.29, 0.717) is 10.9 Å². The van der Waals surface area contributed by atoms with E-state index in [2.05, 4.69) is 4.98 Å². The summed E-state index contributed by atoms with van der Waals surface area (Å²) in [6, 6.07) is 3.92. The van der Waals surface area contributed by atoms with Crippen molar-refractivity contribution in [3.8, 4) is 0 Å². The summed E-state index contributed by atoms with van der Waals surface area (Å²) in [6.45, 7) is 1.52. The van der Waals surface area contributed by atoms with Crippen LogP contribution >= 0.6 is 0 Å². The highest BCUT2D eigenvalue weighted by molar-refractivity contribution is 5.86. The molecular formula is C11H10F3NO. The SMILES string of the molecule is CC(O)c1c[nH]c2c(C(F)(F)F)cccc12. The molecule has 0 radical (unpaired) electrons. The number of aromatic amines is 1. The maximum Gasteiger partial charge on any atom is 0.418 e. The number of nitrogens with one attached hydrogen (secondary N) is 1. The van der Waals surface area contributed by atoms with Crippen molar-refractivity contribution in [1.29, 1.82) is 0 Å². The first-order valence-corrected chi connectivity index (χ1v) is 4.76. The summed E-state index contributed by atoms with van der Waals surface area (Å²) < 4.78 is 37.9. The van der Waals surface area contributed by atoms with Crippen LogP contribution in [0.5, 0.6) is 0 Å². The molecule has 2 rings (SSSR count). The van der Waals surface area contributed by atoms with Crippen molar-refractivity contribution in [3.63, 3.8) is 0 Å². The molecule has 0 aliphatic carbocycles. The van der Waals surface area contributed by atoms with Gasteiger partial charge in [0, 0.05) is 17.1 Å². The van der Waals surface area contributed by atoms with Gasteiger partial charge in [0.1, 0.15) is 0 Å². The number of hydrogen-bond acceptors (Lipinski definition) is 1. The summed E-state index contributed by atoms with van der Waals surface area (Å²) in [6.07, 6.45) is -3.78. The highest BCUT2D eigenvalue weighted by atomic mass is 19.4. The van der Waals surface area contributed by atoms with E-state index in [4.69, 9.17) is 0 Å². The van der Waals surface area contributed by atoms with Gasteiger partial charge in [-0.25, -0.2) is 0 Å². The highest BCUT2D eigenvalue weighted by Gasteiger charge is 2.33. The van der Waals surface area contributed by atoms with Gasteiger partial charge >= 0.3 is 6.18 Å². The topological polar surface area (TPSA) is 36.0 Å². The lowest BCUT2D eigenvalue weighted by Gasteiger charge is -2.08. The first kappa shape index (κ1) is 11.0. The first-order valence-electron chi connectivity index (χ1n) is 4.76. The van der Waals surface area contributed by atoms with E-state index in [1.807, 2.05) is 0 Å². The number of H-pyrrole nitrogens is 1. The second kappa shape index (κ2) is 3.52. The quantitative estimate of drug-likeness (QED) is 0.773. The van der Waals surface area contributed by atoms with Gasteiger partial charge in [-0.15, -0.1) is 0 Å². The van der Waals surface area contributed by atoms with Crippen molar-refractivity contribution in [2.24, 2.45) is 0 Å². The van der Waals surface area contributed by atoms with Gasteiger partial charge in [0.15, 0.2) is 0 Å². The third-order valence-corrected chi connectivity index (χ3v) is 2.50. The number of rotatable bonds is 1. The Morgan fingerprint density at radius 2 is 2.00 bits per heavy atom. The van der Waals surface area contributed by atoms with Crippen LogP contribution in [0.1, 0.15) is 24.2 Å². The summed E-state index contributed by atoms with van der Waals surface area (Å²) in [4.78, 5) is 2.56. The molecule has 0 saturated heterocycles. The Morgan fingerprint density at radius 1 is 1.31 bits per heavy atom. The van der Waals surface area contributed by atoms with Crippen LogP contribution in [0.4, 0.5) is 13.2 Å². The number of benzene rings is 1. The Kier molecular flexibility index (Phi) is 2.42. The molecule has 1 atom stereocenters. The molecule has 0 spiro atoms. The standard InChI is InChI=1S/C11H10F3NO/c1-6(16)8-5-15-10-7(8)3-2-4-9(10)11(12,13)14/h2-6,15-16H,1H3. The molecule has 0 bridgehead atoms. The smallest absolute Gasteiger partial charge is 0.389 e. The Balaban J connectivity index is 2.72. The lowest BCUT2D eigenvalue weighted by Crippen LogP contribution is -2.05. The van der Waals surface area contributed by atoms with Crippen LogP contribution in [0.25, 0.3) is 10.9 Å². The molecule has 1 aromatic carbocycles. The van der Waals surface area contributed by atoms with E-state index in [1.165, 1.54) is 19.2 Å². The van der Waals surface area contributed by atoms with Gasteiger partial charge in [-0.05, 0) is 13.0 Å². The second-order valence-electron chi connectivity index (χ2n) is 3.65. The minimum absolute atomic E-state index is 0.0194. The largest absolute Gasteiger partial charge is 0.418 e. The zero-order valence-corrected chi connectivity index (χ0v) is 8.47. The summed E-state index contributed by atoms with van der Waals surface area (Å²) >= 11 is 0. The molecular weight excluding hydrogens is 219 g/mol. The van der Waals surface area contributed by atoms with Gasteiger partial charge in [0.05, 0.1) is 17.2 Å². The van der Waals surface area contributed by atoms with Crippen LogP contribution in [0, 0.1) is 0 Å². The average Bonchev–Trinajstić information content (AvgIpc) is 2.58. The Labute approximate surface area is 89.7 Å². The maximum absolute atomic E-state index is 12.6. The number of halogens is 3. The predicted molar refractivity (Wildman–Crippen MR) is 53.9 cm³/mol. The van der Waals surface area contributed by atoms with Crippen molar-refractivity contribution in [2.75, 3.05) is 0 Å². The molecule has 1 heterocycles. The lowest BCUT2D eigenvalue weighted by atomic mass is 10.1. The molecule has 2 N–H and O–H groups in total. The Hall–Kier alpha value is -1.49. The van der Waals surface area contributed by atoms with Crippen molar-refractivity contribution in [3.05, 3.63) is 35.5 Å². The lowest BCUT2D eigenvalue weighted by molar-refractivity contribution is -0.136. The fourth-order valence-corrected chi connectivity index (χ4v) is 1.76. The zero-order chi connectivity index (χ0) is 11.9. The molecule has 0 aliphatic heterocycles. The normalized spacial score (nSPS) is 14.3. The minimum Gasteiger partial charge on any atom is -0.389 e. The average molecular weight is 229 g/mol. The van der Waals surface area contributed by atoms with Gasteiger partial charge in [-0.2, -0.15) is 13.2 Å². The Bertz CT molecular complexity index is 513. The molecule has 0 fully saturated rings. The molecule has 2 aromatic rings. The third-order valence-electron chi connectivity index (χ3n) is 2.50. The number of alkyl halides is 3. The number of aromatic nitrogens is 1. The third kappa shape index (κ3) is 1.67. The van der Waals surface area contributed by atoms with Gasteiger partial charge < -0.3 is 10.1 Å². The predicted octanol–water partition coefficient (Wildman–Crippen LogP) is 3.24. The second-order valence-corrected chi connectivity index (χ2v) is 3.65. The maximum atomic E-state index is 12.6. The van der Waals surface area contributed by atoms with E-state index < -0.39 is 17.8 Å². The summed E-state index contributed by atoms with van der Waals surface area (Å²) in [5.74, 6) is 0. The monoisotopic (exact) mass is 229 g/mol. The molecule has 0 saturated carbocycles. The molecule has 1 aromatic heterocycles. The van der Waals surface area contributed by atoms with Crippen LogP contribution in [0.15, 0.2) is 24.4 Å². The number of fused-ring (bicyclic) bond motifs is 1. The summed E-state index contributed by atoms with van der Waals surface area (Å²) in [7, 11) is 0. The Morgan fingerprint density at radius 3 is 2.56 bits per heavy atom. The molecule has 86 valence electrons. The van der Waals surface area contributed by atoms with Crippen LogP contribution in [-0.4, -0.2) is 10.1 Å². The van der Waals surface area contributed by atoms with Crippen LogP contribution in [0.3, 0.4) is 0 Å². The van der Waals surface area contributed by atoms with E-state index in [9.17, 15) is 18.3 Å². The molecule has 2 nitrogen and oxygen atoms in total. The van der Waals surface area contributed by atoms with Gasteiger partial charge in [0.25, 0.3) is 0 Å². The van der Waals surface area contributed by atoms with Crippen molar-refractivity contribution >= 4 is 10.9 Å². The van der Waals surface area contributed by atoms with E-state index in [0.717, 1.165) is 6.07 Å². The van der Waals surface area contributed by atoms with Crippen molar-refractivity contribution in [2.45, 2.75) is 19.2 Å². The fraction of sp³-hybridized carbons (Fsp3) is 0.273. The highest BCUT2D eigenvalue weighted by Crippen LogP contribution is 2.36. The number of para-hydroxylation sites is 1. The van der Waals surface area contributed by atoms with Crippen LogP contribution in [0.2, 0.25) is 0 Å². The van der Waals surface area contributed by atoms with E-state index >= 15 is 0 Å². The van der Waals surface area contributed by atoms with Crippen molar-refractivity contribution in [1.82, 2.24) is 4.98 Å². The molecule has 0 amide bonds. The van der Waals surface area contributed by atoms with Crippen LogP contribution in [-0.2, 0) is 6.18 Å².